The van der Waals surface area contributed by atoms with Crippen LogP contribution in [-0.4, -0.2) is 39.5 Å². The third-order valence-electron chi connectivity index (χ3n) is 5.03. The largest absolute Gasteiger partial charge is 0.465 e. The van der Waals surface area contributed by atoms with Crippen molar-refractivity contribution in [3.05, 3.63) is 58.7 Å². The lowest BCUT2D eigenvalue weighted by atomic mass is 10.1. The van der Waals surface area contributed by atoms with Crippen LogP contribution in [0.15, 0.2) is 42.1 Å². The lowest BCUT2D eigenvalue weighted by Crippen LogP contribution is -2.16. The summed E-state index contributed by atoms with van der Waals surface area (Å²) in [5.74, 6) is -0.364. The SMILES string of the molecule is C=CCn1c(SCC(=O)Nc2sc3c(c2C(=O)OC)CCC3)nnc1-c1ccc(F)cc1. The monoisotopic (exact) mass is 472 g/mol. The number of hydrogen-bond acceptors (Lipinski definition) is 7. The third-order valence-corrected chi connectivity index (χ3v) is 7.20. The molecule has 0 bridgehead atoms. The minimum atomic E-state index is -0.429. The van der Waals surface area contributed by atoms with Crippen molar-refractivity contribution in [3.63, 3.8) is 0 Å². The minimum absolute atomic E-state index is 0.0852. The molecule has 32 heavy (non-hydrogen) atoms. The summed E-state index contributed by atoms with van der Waals surface area (Å²) in [5, 5.41) is 12.3. The van der Waals surface area contributed by atoms with E-state index in [9.17, 15) is 14.0 Å². The van der Waals surface area contributed by atoms with Crippen LogP contribution in [0, 0.1) is 5.82 Å². The molecule has 0 atom stereocenters. The van der Waals surface area contributed by atoms with Crippen LogP contribution < -0.4 is 5.32 Å². The van der Waals surface area contributed by atoms with Gasteiger partial charge in [0, 0.05) is 17.0 Å². The molecule has 1 aliphatic rings. The Labute approximate surface area is 192 Å². The quantitative estimate of drug-likeness (QED) is 0.298. The fourth-order valence-electron chi connectivity index (χ4n) is 3.60. The molecule has 0 aliphatic heterocycles. The van der Waals surface area contributed by atoms with Gasteiger partial charge in [-0.05, 0) is 49.1 Å². The Morgan fingerprint density at radius 3 is 2.81 bits per heavy atom. The van der Waals surface area contributed by atoms with Crippen LogP contribution in [0.25, 0.3) is 11.4 Å². The average Bonchev–Trinajstić information content (AvgIpc) is 3.47. The number of benzene rings is 1. The molecule has 0 saturated carbocycles. The molecule has 3 aromatic rings. The van der Waals surface area contributed by atoms with Crippen molar-refractivity contribution in [2.75, 3.05) is 18.2 Å². The number of amides is 1. The highest BCUT2D eigenvalue weighted by Gasteiger charge is 2.28. The number of carbonyl (C=O) groups excluding carboxylic acids is 2. The molecule has 0 radical (unpaired) electrons. The second-order valence-corrected chi connectivity index (χ2v) is 9.15. The Morgan fingerprint density at radius 1 is 1.31 bits per heavy atom. The van der Waals surface area contributed by atoms with Gasteiger partial charge in [-0.1, -0.05) is 17.8 Å². The van der Waals surface area contributed by atoms with Crippen molar-refractivity contribution in [3.8, 4) is 11.4 Å². The van der Waals surface area contributed by atoms with E-state index in [1.165, 1.54) is 42.3 Å². The lowest BCUT2D eigenvalue weighted by Gasteiger charge is -2.09. The highest BCUT2D eigenvalue weighted by Crippen LogP contribution is 2.39. The molecular weight excluding hydrogens is 451 g/mol. The van der Waals surface area contributed by atoms with E-state index in [1.807, 2.05) is 4.57 Å². The van der Waals surface area contributed by atoms with Crippen molar-refractivity contribution in [1.29, 1.82) is 0 Å². The molecule has 0 saturated heterocycles. The highest BCUT2D eigenvalue weighted by molar-refractivity contribution is 7.99. The Morgan fingerprint density at radius 2 is 2.09 bits per heavy atom. The van der Waals surface area contributed by atoms with E-state index in [0.717, 1.165) is 29.7 Å². The lowest BCUT2D eigenvalue weighted by molar-refractivity contribution is -0.113. The van der Waals surface area contributed by atoms with Gasteiger partial charge < -0.3 is 10.1 Å². The highest BCUT2D eigenvalue weighted by atomic mass is 32.2. The molecule has 2 aromatic heterocycles. The number of nitrogens with one attached hydrogen (secondary N) is 1. The number of carbonyl (C=O) groups is 2. The van der Waals surface area contributed by atoms with Crippen LogP contribution in [0.3, 0.4) is 0 Å². The van der Waals surface area contributed by atoms with Gasteiger partial charge in [0.25, 0.3) is 0 Å². The topological polar surface area (TPSA) is 86.1 Å². The molecule has 1 amide bonds. The number of anilines is 1. The number of thiophene rings is 1. The molecule has 4 rings (SSSR count). The number of methoxy groups -OCH3 is 1. The number of aryl methyl sites for hydroxylation is 1. The summed E-state index contributed by atoms with van der Waals surface area (Å²) < 4.78 is 20.0. The zero-order valence-electron chi connectivity index (χ0n) is 17.4. The Bertz CT molecular complexity index is 1170. The molecule has 2 heterocycles. The first kappa shape index (κ1) is 22.2. The van der Waals surface area contributed by atoms with Gasteiger partial charge in [-0.25, -0.2) is 9.18 Å². The molecule has 1 aromatic carbocycles. The Hall–Kier alpha value is -2.98. The molecule has 0 unspecified atom stereocenters. The number of halogens is 1. The van der Waals surface area contributed by atoms with Crippen molar-refractivity contribution >= 4 is 40.0 Å². The Balaban J connectivity index is 1.49. The van der Waals surface area contributed by atoms with E-state index in [1.54, 1.807) is 18.2 Å². The molecule has 0 fully saturated rings. The third kappa shape index (κ3) is 4.46. The van der Waals surface area contributed by atoms with Crippen molar-refractivity contribution < 1.29 is 18.7 Å². The maximum atomic E-state index is 13.3. The number of aromatic nitrogens is 3. The summed E-state index contributed by atoms with van der Waals surface area (Å²) in [6.07, 6.45) is 4.43. The summed E-state index contributed by atoms with van der Waals surface area (Å²) in [7, 11) is 1.34. The first-order valence-corrected chi connectivity index (χ1v) is 11.8. The fourth-order valence-corrected chi connectivity index (χ4v) is 5.65. The number of thioether (sulfide) groups is 1. The van der Waals surface area contributed by atoms with Crippen LogP contribution >= 0.6 is 23.1 Å². The van der Waals surface area contributed by atoms with Gasteiger partial charge in [0.1, 0.15) is 10.8 Å². The van der Waals surface area contributed by atoms with E-state index in [2.05, 4.69) is 22.1 Å². The Kier molecular flexibility index (Phi) is 6.71. The molecule has 10 heteroatoms. The van der Waals surface area contributed by atoms with E-state index >= 15 is 0 Å². The van der Waals surface area contributed by atoms with Crippen LogP contribution in [0.1, 0.15) is 27.2 Å². The van der Waals surface area contributed by atoms with Crippen molar-refractivity contribution in [2.45, 2.75) is 31.0 Å². The summed E-state index contributed by atoms with van der Waals surface area (Å²) in [6.45, 7) is 4.21. The molecular formula is C22H21FN4O3S2. The van der Waals surface area contributed by atoms with Crippen LogP contribution in [0.4, 0.5) is 9.39 Å². The molecule has 166 valence electrons. The number of allylic oxidation sites excluding steroid dienone is 1. The first-order valence-electron chi connectivity index (χ1n) is 9.97. The standard InChI is InChI=1S/C22H21FN4O3S2/c1-3-11-27-19(13-7-9-14(23)10-8-13)25-26-22(27)31-12-17(28)24-20-18(21(29)30-2)15-5-4-6-16(15)32-20/h3,7-10H,1,4-6,11-12H2,2H3,(H,24,28). The molecule has 7 nitrogen and oxygen atoms in total. The van der Waals surface area contributed by atoms with E-state index < -0.39 is 5.97 Å². The van der Waals surface area contributed by atoms with Gasteiger partial charge in [0.15, 0.2) is 11.0 Å². The summed E-state index contributed by atoms with van der Waals surface area (Å²) in [5.41, 5.74) is 2.17. The summed E-state index contributed by atoms with van der Waals surface area (Å²) in [6, 6.07) is 5.98. The number of nitrogens with zero attached hydrogens (tertiary/aromatic N) is 3. The number of ether oxygens (including phenoxy) is 1. The van der Waals surface area contributed by atoms with Crippen molar-refractivity contribution in [2.24, 2.45) is 0 Å². The second-order valence-electron chi connectivity index (χ2n) is 7.10. The van der Waals surface area contributed by atoms with Crippen LogP contribution in [-0.2, 0) is 28.9 Å². The van der Waals surface area contributed by atoms with E-state index in [4.69, 9.17) is 4.74 Å². The van der Waals surface area contributed by atoms with Crippen LogP contribution in [0.5, 0.6) is 0 Å². The van der Waals surface area contributed by atoms with E-state index in [0.29, 0.717) is 33.7 Å². The number of rotatable bonds is 8. The number of hydrogen-bond donors (Lipinski definition) is 1. The predicted octanol–water partition coefficient (Wildman–Crippen LogP) is 4.34. The van der Waals surface area contributed by atoms with E-state index in [-0.39, 0.29) is 17.5 Å². The molecule has 1 aliphatic carbocycles. The average molecular weight is 473 g/mol. The zero-order chi connectivity index (χ0) is 22.7. The number of esters is 1. The van der Waals surface area contributed by atoms with Gasteiger partial charge in [-0.3, -0.25) is 9.36 Å². The zero-order valence-corrected chi connectivity index (χ0v) is 19.0. The minimum Gasteiger partial charge on any atom is -0.465 e. The van der Waals surface area contributed by atoms with Gasteiger partial charge in [0.2, 0.25) is 5.91 Å². The fraction of sp³-hybridized carbons (Fsp3) is 0.273. The van der Waals surface area contributed by atoms with Crippen LogP contribution in [0.2, 0.25) is 0 Å². The van der Waals surface area contributed by atoms with Gasteiger partial charge >= 0.3 is 5.97 Å². The maximum Gasteiger partial charge on any atom is 0.341 e. The van der Waals surface area contributed by atoms with Crippen molar-refractivity contribution in [1.82, 2.24) is 14.8 Å². The van der Waals surface area contributed by atoms with Gasteiger partial charge in [0.05, 0.1) is 18.4 Å². The van der Waals surface area contributed by atoms with Gasteiger partial charge in [-0.15, -0.1) is 28.1 Å². The normalized spacial score (nSPS) is 12.4. The number of fused-ring (bicyclic) bond motifs is 1. The van der Waals surface area contributed by atoms with Gasteiger partial charge in [-0.2, -0.15) is 0 Å². The smallest absolute Gasteiger partial charge is 0.341 e. The molecule has 1 N–H and O–H groups in total. The summed E-state index contributed by atoms with van der Waals surface area (Å²) >= 11 is 2.66. The maximum absolute atomic E-state index is 13.3. The molecule has 0 spiro atoms. The first-order chi connectivity index (χ1) is 15.5. The second kappa shape index (κ2) is 9.66. The predicted molar refractivity (Wildman–Crippen MR) is 123 cm³/mol. The summed E-state index contributed by atoms with van der Waals surface area (Å²) in [4.78, 5) is 26.1.